The lowest BCUT2D eigenvalue weighted by atomic mass is 9.43. The third-order valence-electron chi connectivity index (χ3n) is 9.55. The van der Waals surface area contributed by atoms with Gasteiger partial charge in [0.2, 0.25) is 0 Å². The highest BCUT2D eigenvalue weighted by atomic mass is 19.1. The maximum absolute atomic E-state index is 16.8. The summed E-state index contributed by atoms with van der Waals surface area (Å²) in [6, 6.07) is 0. The monoisotopic (exact) mass is 394 g/mol. The summed E-state index contributed by atoms with van der Waals surface area (Å²) >= 11 is 0. The Bertz CT molecular complexity index is 665. The predicted octanol–water partition coefficient (Wildman–Crippen LogP) is 4.23. The molecule has 4 fully saturated rings. The number of ether oxygens (including phenoxy) is 1. The van der Waals surface area contributed by atoms with E-state index in [1.54, 1.807) is 0 Å². The molecule has 0 aliphatic heterocycles. The molecule has 4 aliphatic rings. The first-order chi connectivity index (χ1) is 13.1. The summed E-state index contributed by atoms with van der Waals surface area (Å²) in [4.78, 5) is 23.9. The van der Waals surface area contributed by atoms with E-state index in [0.717, 1.165) is 44.9 Å². The predicted molar refractivity (Wildman–Crippen MR) is 103 cm³/mol. The molecule has 4 saturated carbocycles. The number of carbonyl (C=O) groups is 2. The molecule has 4 aliphatic carbocycles. The number of aliphatic hydroxyl groups excluding tert-OH is 1. The van der Waals surface area contributed by atoms with Crippen molar-refractivity contribution < 1.29 is 23.8 Å². The van der Waals surface area contributed by atoms with Gasteiger partial charge >= 0.3 is 5.97 Å². The van der Waals surface area contributed by atoms with Gasteiger partial charge in [0.15, 0.2) is 5.78 Å². The first-order valence-electron chi connectivity index (χ1n) is 11.1. The van der Waals surface area contributed by atoms with Crippen LogP contribution in [0.5, 0.6) is 0 Å². The molecule has 5 heteroatoms. The van der Waals surface area contributed by atoms with Crippen molar-refractivity contribution in [1.29, 1.82) is 0 Å². The molecule has 0 aromatic heterocycles. The number of fused-ring (bicyclic) bond motifs is 5. The van der Waals surface area contributed by atoms with Crippen molar-refractivity contribution in [1.82, 2.24) is 0 Å². The van der Waals surface area contributed by atoms with Crippen molar-refractivity contribution in [3.63, 3.8) is 0 Å². The molecule has 28 heavy (non-hydrogen) atoms. The fourth-order valence-corrected chi connectivity index (χ4v) is 7.92. The zero-order valence-corrected chi connectivity index (χ0v) is 17.5. The highest BCUT2D eigenvalue weighted by Crippen LogP contribution is 2.70. The lowest BCUT2D eigenvalue weighted by Gasteiger charge is -2.63. The molecule has 1 N–H and O–H groups in total. The molecule has 0 bridgehead atoms. The summed E-state index contributed by atoms with van der Waals surface area (Å²) in [7, 11) is 0. The summed E-state index contributed by atoms with van der Waals surface area (Å²) in [5.41, 5.74) is -1.72. The zero-order valence-electron chi connectivity index (χ0n) is 17.5. The van der Waals surface area contributed by atoms with Crippen LogP contribution in [0.3, 0.4) is 0 Å². The van der Waals surface area contributed by atoms with E-state index in [1.165, 1.54) is 6.92 Å². The Labute approximate surface area is 167 Å². The largest absolute Gasteiger partial charge is 0.458 e. The molecular weight excluding hydrogens is 359 g/mol. The molecule has 0 radical (unpaired) electrons. The molecule has 0 heterocycles. The van der Waals surface area contributed by atoms with Crippen LogP contribution in [-0.2, 0) is 14.3 Å². The minimum atomic E-state index is -1.19. The highest BCUT2D eigenvalue weighted by Gasteiger charge is 2.68. The SMILES string of the molecule is CC(=O)OCC(=O)[C@H]1CC[C@H]2[C@@H]3CC[C@H]4C[C@@H](O)CC[C@]4(C)[C@@]3(F)CC[C@]12C. The Balaban J connectivity index is 1.57. The fourth-order valence-electron chi connectivity index (χ4n) is 7.92. The summed E-state index contributed by atoms with van der Waals surface area (Å²) in [6.07, 6.45) is 6.72. The lowest BCUT2D eigenvalue weighted by molar-refractivity contribution is -0.202. The lowest BCUT2D eigenvalue weighted by Crippen LogP contribution is -2.63. The second-order valence-electron chi connectivity index (χ2n) is 10.6. The number of aliphatic hydroxyl groups is 1. The van der Waals surface area contributed by atoms with Crippen molar-refractivity contribution in [3.8, 4) is 0 Å². The van der Waals surface area contributed by atoms with Crippen LogP contribution >= 0.6 is 0 Å². The average molecular weight is 395 g/mol. The van der Waals surface area contributed by atoms with Crippen LogP contribution in [0.1, 0.15) is 78.6 Å². The van der Waals surface area contributed by atoms with Gasteiger partial charge in [0, 0.05) is 18.3 Å². The average Bonchev–Trinajstić information content (AvgIpc) is 2.98. The smallest absolute Gasteiger partial charge is 0.303 e. The van der Waals surface area contributed by atoms with Crippen LogP contribution in [0.2, 0.25) is 0 Å². The summed E-state index contributed by atoms with van der Waals surface area (Å²) in [5, 5.41) is 10.1. The van der Waals surface area contributed by atoms with Crippen LogP contribution in [0.4, 0.5) is 4.39 Å². The molecule has 0 unspecified atom stereocenters. The van der Waals surface area contributed by atoms with Gasteiger partial charge in [-0.3, -0.25) is 9.59 Å². The Kier molecular flexibility index (Phi) is 4.92. The van der Waals surface area contributed by atoms with Gasteiger partial charge in [0.25, 0.3) is 0 Å². The second-order valence-corrected chi connectivity index (χ2v) is 10.6. The molecule has 0 spiro atoms. The van der Waals surface area contributed by atoms with E-state index in [9.17, 15) is 14.7 Å². The molecular formula is C23H35FO4. The van der Waals surface area contributed by atoms with Gasteiger partial charge in [0.1, 0.15) is 12.3 Å². The number of hydrogen-bond acceptors (Lipinski definition) is 4. The molecule has 4 nitrogen and oxygen atoms in total. The van der Waals surface area contributed by atoms with Crippen molar-refractivity contribution in [2.24, 2.45) is 34.5 Å². The molecule has 0 saturated heterocycles. The number of carbonyl (C=O) groups excluding carboxylic acids is 2. The quantitative estimate of drug-likeness (QED) is 0.728. The number of rotatable bonds is 3. The van der Waals surface area contributed by atoms with Gasteiger partial charge in [-0.1, -0.05) is 13.8 Å². The molecule has 158 valence electrons. The van der Waals surface area contributed by atoms with E-state index < -0.39 is 11.6 Å². The zero-order chi connectivity index (χ0) is 20.3. The minimum absolute atomic E-state index is 0.00671. The van der Waals surface area contributed by atoms with Gasteiger partial charge in [-0.05, 0) is 81.0 Å². The van der Waals surface area contributed by atoms with Gasteiger partial charge < -0.3 is 9.84 Å². The summed E-state index contributed by atoms with van der Waals surface area (Å²) in [6.45, 7) is 5.49. The number of alkyl halides is 1. The third-order valence-corrected chi connectivity index (χ3v) is 9.55. The normalized spacial score (nSPS) is 50.2. The van der Waals surface area contributed by atoms with E-state index in [-0.39, 0.29) is 53.0 Å². The van der Waals surface area contributed by atoms with Crippen LogP contribution in [0.25, 0.3) is 0 Å². The van der Waals surface area contributed by atoms with E-state index >= 15 is 4.39 Å². The Morgan fingerprint density at radius 1 is 1.04 bits per heavy atom. The maximum Gasteiger partial charge on any atom is 0.303 e. The Morgan fingerprint density at radius 2 is 1.75 bits per heavy atom. The number of esters is 1. The van der Waals surface area contributed by atoms with E-state index in [2.05, 4.69) is 13.8 Å². The number of halogens is 1. The maximum atomic E-state index is 16.8. The first-order valence-corrected chi connectivity index (χ1v) is 11.1. The number of ketones is 1. The van der Waals surface area contributed by atoms with Crippen molar-refractivity contribution in [3.05, 3.63) is 0 Å². The molecule has 0 aromatic rings. The summed E-state index contributed by atoms with van der Waals surface area (Å²) < 4.78 is 21.8. The van der Waals surface area contributed by atoms with Crippen molar-refractivity contribution >= 4 is 11.8 Å². The van der Waals surface area contributed by atoms with Gasteiger partial charge in [-0.2, -0.15) is 0 Å². The Hall–Kier alpha value is -0.970. The minimum Gasteiger partial charge on any atom is -0.458 e. The fraction of sp³-hybridized carbons (Fsp3) is 0.913. The number of hydrogen-bond donors (Lipinski definition) is 1. The molecule has 4 rings (SSSR count). The first kappa shape index (κ1) is 20.3. The third kappa shape index (κ3) is 2.79. The summed E-state index contributed by atoms with van der Waals surface area (Å²) in [5.74, 6) is -0.0429. The van der Waals surface area contributed by atoms with E-state index in [0.29, 0.717) is 12.8 Å². The van der Waals surface area contributed by atoms with Crippen LogP contribution in [0, 0.1) is 34.5 Å². The van der Waals surface area contributed by atoms with Crippen molar-refractivity contribution in [2.45, 2.75) is 90.3 Å². The molecule has 0 amide bonds. The van der Waals surface area contributed by atoms with Crippen LogP contribution < -0.4 is 0 Å². The number of Topliss-reactive ketones (excluding diaryl/α,β-unsaturated/α-hetero) is 1. The highest BCUT2D eigenvalue weighted by molar-refractivity contribution is 5.85. The van der Waals surface area contributed by atoms with Crippen molar-refractivity contribution in [2.75, 3.05) is 6.61 Å². The topological polar surface area (TPSA) is 63.6 Å². The van der Waals surface area contributed by atoms with Gasteiger partial charge in [-0.15, -0.1) is 0 Å². The van der Waals surface area contributed by atoms with Crippen LogP contribution in [-0.4, -0.2) is 35.2 Å². The van der Waals surface area contributed by atoms with E-state index in [1.807, 2.05) is 0 Å². The molecule has 8 atom stereocenters. The molecule has 0 aromatic carbocycles. The standard InChI is InChI=1S/C23H35FO4/c1-14(25)28-13-20(27)19-7-6-17-18-5-4-15-12-16(26)8-9-22(15,3)23(18,24)11-10-21(17,19)2/h15-19,26H,4-13H2,1-3H3/t15-,16-,17-,18-,19+,21-,22-,23+/m0/s1. The van der Waals surface area contributed by atoms with Gasteiger partial charge in [-0.25, -0.2) is 4.39 Å². The Morgan fingerprint density at radius 3 is 2.46 bits per heavy atom. The second kappa shape index (κ2) is 6.78. The van der Waals surface area contributed by atoms with Crippen LogP contribution in [0.15, 0.2) is 0 Å². The van der Waals surface area contributed by atoms with Gasteiger partial charge in [0.05, 0.1) is 6.10 Å². The van der Waals surface area contributed by atoms with E-state index in [4.69, 9.17) is 4.74 Å².